The summed E-state index contributed by atoms with van der Waals surface area (Å²) in [6.45, 7) is 3.83. The number of aliphatic hydroxyl groups excluding tert-OH is 5. The Hall–Kier alpha value is -0.360. The summed E-state index contributed by atoms with van der Waals surface area (Å²) in [6, 6.07) is 0. The summed E-state index contributed by atoms with van der Waals surface area (Å²) in [6.07, 6.45) is 0. The van der Waals surface area contributed by atoms with Crippen molar-refractivity contribution in [2.24, 2.45) is 0 Å². The second-order valence-electron chi connectivity index (χ2n) is 5.79. The van der Waals surface area contributed by atoms with Gasteiger partial charge in [0.05, 0.1) is 54.2 Å². The van der Waals surface area contributed by atoms with E-state index in [0.717, 1.165) is 0 Å². The molecule has 0 saturated carbocycles. The summed E-state index contributed by atoms with van der Waals surface area (Å²) in [7, 11) is 5.86. The normalized spacial score (nSPS) is 10.9. The van der Waals surface area contributed by atoms with Gasteiger partial charge in [-0.25, -0.2) is 0 Å². The van der Waals surface area contributed by atoms with Crippen molar-refractivity contribution in [1.29, 1.82) is 0 Å². The van der Waals surface area contributed by atoms with Crippen molar-refractivity contribution in [3.05, 3.63) is 0 Å². The molecule has 0 spiro atoms. The lowest BCUT2D eigenvalue weighted by Crippen LogP contribution is -2.49. The lowest BCUT2D eigenvalue weighted by atomic mass is 10.4. The van der Waals surface area contributed by atoms with Crippen LogP contribution in [0.2, 0.25) is 0 Å². The van der Waals surface area contributed by atoms with Crippen molar-refractivity contribution in [3.8, 4) is 0 Å². The first-order chi connectivity index (χ1) is 9.30. The van der Waals surface area contributed by atoms with Crippen LogP contribution in [0.1, 0.15) is 0 Å². The lowest BCUT2D eigenvalue weighted by molar-refractivity contribution is -0.910. The smallest absolute Gasteiger partial charge is 0.102 e. The average molecular weight is 332 g/mol. The van der Waals surface area contributed by atoms with E-state index in [-0.39, 0.29) is 44.0 Å². The second-order valence-corrected chi connectivity index (χ2v) is 5.79. The fraction of sp³-hybridized carbons (Fsp3) is 1.00. The minimum absolute atomic E-state index is 0. The molecule has 7 N–H and O–H groups in total. The highest BCUT2D eigenvalue weighted by Gasteiger charge is 2.18. The molecule has 0 heterocycles. The monoisotopic (exact) mass is 332 g/mol. The van der Waals surface area contributed by atoms with Gasteiger partial charge in [0.2, 0.25) is 0 Å². The molecule has 0 fully saturated rings. The van der Waals surface area contributed by atoms with Gasteiger partial charge < -0.3 is 45.5 Å². The van der Waals surface area contributed by atoms with Gasteiger partial charge in [-0.05, 0) is 0 Å². The van der Waals surface area contributed by atoms with E-state index >= 15 is 0 Å². The molecule has 0 bridgehead atoms. The Morgan fingerprint density at radius 2 is 0.727 bits per heavy atom. The van der Waals surface area contributed by atoms with Gasteiger partial charge in [-0.1, -0.05) is 0 Å². The minimum atomic E-state index is 0. The molecule has 0 unspecified atom stereocenters. The van der Waals surface area contributed by atoms with Crippen LogP contribution in [-0.2, 0) is 0 Å². The van der Waals surface area contributed by atoms with Crippen molar-refractivity contribution >= 4 is 0 Å². The van der Waals surface area contributed by atoms with Crippen LogP contribution in [0.5, 0.6) is 0 Å². The topological polar surface area (TPSA) is 161 Å². The van der Waals surface area contributed by atoms with Gasteiger partial charge in [-0.3, -0.25) is 0 Å². The Kier molecular flexibility index (Phi) is 22.9. The summed E-state index contributed by atoms with van der Waals surface area (Å²) in [4.78, 5) is 0. The van der Waals surface area contributed by atoms with Crippen LogP contribution in [0.4, 0.5) is 0 Å². The SMILES string of the molecule is C[N+](C)(CCO)CCO.C[N+](CCO)(CCO)CCO.[OH-].[OH-]. The van der Waals surface area contributed by atoms with Gasteiger partial charge in [-0.15, -0.1) is 0 Å². The highest BCUT2D eigenvalue weighted by Crippen LogP contribution is 1.99. The van der Waals surface area contributed by atoms with E-state index < -0.39 is 0 Å². The first-order valence-corrected chi connectivity index (χ1v) is 7.00. The number of hydrogen-bond acceptors (Lipinski definition) is 7. The van der Waals surface area contributed by atoms with E-state index in [1.165, 1.54) is 0 Å². The van der Waals surface area contributed by atoms with Gasteiger partial charge in [0.15, 0.2) is 0 Å². The summed E-state index contributed by atoms with van der Waals surface area (Å²) in [5, 5.41) is 43.1. The summed E-state index contributed by atoms with van der Waals surface area (Å²) in [5.41, 5.74) is 0. The van der Waals surface area contributed by atoms with Crippen molar-refractivity contribution in [2.45, 2.75) is 0 Å². The maximum absolute atomic E-state index is 8.68. The molecule has 0 radical (unpaired) electrons. The molecule has 0 amide bonds. The fourth-order valence-corrected chi connectivity index (χ4v) is 1.71. The molecule has 0 aromatic carbocycles. The van der Waals surface area contributed by atoms with Crippen LogP contribution in [0.15, 0.2) is 0 Å². The van der Waals surface area contributed by atoms with E-state index in [0.29, 0.717) is 41.7 Å². The molecule has 9 nitrogen and oxygen atoms in total. The first-order valence-electron chi connectivity index (χ1n) is 7.00. The van der Waals surface area contributed by atoms with Gasteiger partial charge in [0, 0.05) is 0 Å². The van der Waals surface area contributed by atoms with Gasteiger partial charge in [-0.2, -0.15) is 0 Å². The number of quaternary nitrogens is 2. The molecular formula is C13H36N2O7. The Labute approximate surface area is 133 Å². The number of nitrogens with zero attached hydrogens (tertiary/aromatic N) is 2. The van der Waals surface area contributed by atoms with Crippen molar-refractivity contribution in [2.75, 3.05) is 86.9 Å². The molecule has 0 aliphatic carbocycles. The highest BCUT2D eigenvalue weighted by atomic mass is 16.3. The Morgan fingerprint density at radius 1 is 0.500 bits per heavy atom. The maximum Gasteiger partial charge on any atom is 0.102 e. The predicted octanol–water partition coefficient (Wildman–Crippen LogP) is -2.90. The fourth-order valence-electron chi connectivity index (χ4n) is 1.71. The molecule has 0 saturated heterocycles. The molecule has 22 heavy (non-hydrogen) atoms. The van der Waals surface area contributed by atoms with Crippen LogP contribution in [0, 0.1) is 0 Å². The third-order valence-corrected chi connectivity index (χ3v) is 3.33. The summed E-state index contributed by atoms with van der Waals surface area (Å²) < 4.78 is 1.22. The van der Waals surface area contributed by atoms with Gasteiger partial charge >= 0.3 is 0 Å². The Balaban J connectivity index is -0.000000137. The zero-order valence-electron chi connectivity index (χ0n) is 14.1. The molecule has 0 aromatic heterocycles. The Bertz CT molecular complexity index is 194. The quantitative estimate of drug-likeness (QED) is 0.268. The predicted molar refractivity (Wildman–Crippen MR) is 81.9 cm³/mol. The molecule has 0 aliphatic heterocycles. The number of hydrogen-bond donors (Lipinski definition) is 5. The van der Waals surface area contributed by atoms with Gasteiger partial charge in [0.25, 0.3) is 0 Å². The van der Waals surface area contributed by atoms with Crippen LogP contribution in [0.25, 0.3) is 0 Å². The maximum atomic E-state index is 8.68. The van der Waals surface area contributed by atoms with Crippen molar-refractivity contribution in [3.63, 3.8) is 0 Å². The largest absolute Gasteiger partial charge is 0.870 e. The highest BCUT2D eigenvalue weighted by molar-refractivity contribution is 4.37. The average Bonchev–Trinajstić information content (AvgIpc) is 2.30. The summed E-state index contributed by atoms with van der Waals surface area (Å²) in [5.74, 6) is 0. The third kappa shape index (κ3) is 17.7. The second kappa shape index (κ2) is 17.0. The zero-order chi connectivity index (χ0) is 16.1. The van der Waals surface area contributed by atoms with E-state index in [2.05, 4.69) is 0 Å². The van der Waals surface area contributed by atoms with E-state index in [1.807, 2.05) is 21.1 Å². The van der Waals surface area contributed by atoms with Gasteiger partial charge in [0.1, 0.15) is 32.7 Å². The minimum Gasteiger partial charge on any atom is -0.870 e. The third-order valence-electron chi connectivity index (χ3n) is 3.33. The standard InChI is InChI=1S/C7H18NO3.C6H16NO2.2H2O/c1-8(2-5-9,3-6-10)4-7-11;1-7(2,3-5-8)4-6-9;;/h9-11H,2-7H2,1H3;8-9H,3-6H2,1-2H3;2*1H2/q2*+1;;/p-2. The first kappa shape index (κ1) is 29.6. The van der Waals surface area contributed by atoms with Crippen molar-refractivity contribution in [1.82, 2.24) is 0 Å². The number of rotatable bonds is 10. The molecule has 0 aliphatic rings. The van der Waals surface area contributed by atoms with Crippen LogP contribution < -0.4 is 0 Å². The van der Waals surface area contributed by atoms with Crippen molar-refractivity contribution < 1.29 is 45.5 Å². The van der Waals surface area contributed by atoms with E-state index in [4.69, 9.17) is 25.5 Å². The van der Waals surface area contributed by atoms with E-state index in [1.54, 1.807) is 0 Å². The molecular weight excluding hydrogens is 296 g/mol. The molecule has 140 valence electrons. The van der Waals surface area contributed by atoms with Crippen LogP contribution >= 0.6 is 0 Å². The van der Waals surface area contributed by atoms with Crippen LogP contribution in [-0.4, -0.2) is 132 Å². The molecule has 9 heteroatoms. The Morgan fingerprint density at radius 3 is 0.909 bits per heavy atom. The summed E-state index contributed by atoms with van der Waals surface area (Å²) >= 11 is 0. The van der Waals surface area contributed by atoms with Crippen LogP contribution in [0.3, 0.4) is 0 Å². The molecule has 0 atom stereocenters. The molecule has 0 rings (SSSR count). The number of likely N-dealkylation sites (N-methyl/N-ethyl adjacent to an activating group) is 2. The van der Waals surface area contributed by atoms with E-state index in [9.17, 15) is 0 Å². The number of aliphatic hydroxyl groups is 5. The zero-order valence-corrected chi connectivity index (χ0v) is 14.1. The molecule has 0 aromatic rings. The lowest BCUT2D eigenvalue weighted by Gasteiger charge is -2.32.